The van der Waals surface area contributed by atoms with Crippen molar-refractivity contribution in [3.63, 3.8) is 0 Å². The van der Waals surface area contributed by atoms with Gasteiger partial charge in [0, 0.05) is 15.8 Å². The van der Waals surface area contributed by atoms with Crippen molar-refractivity contribution >= 4 is 11.3 Å². The molecule has 0 radical (unpaired) electrons. The highest BCUT2D eigenvalue weighted by molar-refractivity contribution is 7.12. The van der Waals surface area contributed by atoms with Gasteiger partial charge in [0.2, 0.25) is 0 Å². The zero-order chi connectivity index (χ0) is 13.7. The lowest BCUT2D eigenvalue weighted by molar-refractivity contribution is 0.406. The summed E-state index contributed by atoms with van der Waals surface area (Å²) >= 11 is 1.87. The highest BCUT2D eigenvalue weighted by Crippen LogP contribution is 2.28. The molecule has 2 rings (SSSR count). The van der Waals surface area contributed by atoms with Crippen LogP contribution in [0, 0.1) is 6.92 Å². The van der Waals surface area contributed by atoms with Gasteiger partial charge in [0.15, 0.2) is 0 Å². The fraction of sp³-hybridized carbons (Fsp3) is 0.375. The first-order chi connectivity index (χ1) is 9.24. The minimum absolute atomic E-state index is 0.361. The second-order valence-electron chi connectivity index (χ2n) is 4.57. The zero-order valence-corrected chi connectivity index (χ0v) is 12.6. The van der Waals surface area contributed by atoms with Crippen LogP contribution in [0.25, 0.3) is 0 Å². The van der Waals surface area contributed by atoms with Gasteiger partial charge in [-0.1, -0.05) is 25.1 Å². The molecule has 2 aromatic rings. The monoisotopic (exact) mass is 275 g/mol. The Morgan fingerprint density at radius 1 is 1.21 bits per heavy atom. The number of likely N-dealkylation sites (N-methyl/N-ethyl adjacent to an activating group) is 1. The number of benzene rings is 1. The van der Waals surface area contributed by atoms with E-state index in [1.54, 1.807) is 7.11 Å². The summed E-state index contributed by atoms with van der Waals surface area (Å²) in [6.07, 6.45) is 0.956. The Balaban J connectivity index is 2.21. The molecule has 0 fully saturated rings. The van der Waals surface area contributed by atoms with Crippen LogP contribution in [0.4, 0.5) is 0 Å². The number of thiophene rings is 1. The van der Waals surface area contributed by atoms with Crippen LogP contribution in [0.15, 0.2) is 36.4 Å². The minimum atomic E-state index is 0.361. The number of hydrogen-bond donors (Lipinski definition) is 1. The second-order valence-corrected chi connectivity index (χ2v) is 5.89. The van der Waals surface area contributed by atoms with Gasteiger partial charge in [-0.25, -0.2) is 0 Å². The Kier molecular flexibility index (Phi) is 5.00. The number of aryl methyl sites for hydroxylation is 1. The van der Waals surface area contributed by atoms with E-state index in [2.05, 4.69) is 43.4 Å². The van der Waals surface area contributed by atoms with Gasteiger partial charge in [-0.2, -0.15) is 0 Å². The van der Waals surface area contributed by atoms with Gasteiger partial charge in [-0.15, -0.1) is 11.3 Å². The molecule has 0 saturated carbocycles. The van der Waals surface area contributed by atoms with Crippen LogP contribution in [0.5, 0.6) is 5.75 Å². The molecule has 102 valence electrons. The lowest BCUT2D eigenvalue weighted by Crippen LogP contribution is -2.22. The first-order valence-electron chi connectivity index (χ1n) is 6.66. The van der Waals surface area contributed by atoms with E-state index in [1.165, 1.54) is 15.3 Å². The molecule has 1 aromatic heterocycles. The van der Waals surface area contributed by atoms with E-state index in [0.717, 1.165) is 18.7 Å². The average Bonchev–Trinajstić information content (AvgIpc) is 2.85. The van der Waals surface area contributed by atoms with Crippen molar-refractivity contribution in [1.29, 1.82) is 0 Å². The minimum Gasteiger partial charge on any atom is -0.496 e. The molecule has 1 aromatic carbocycles. The van der Waals surface area contributed by atoms with Crippen molar-refractivity contribution in [1.82, 2.24) is 5.32 Å². The molecule has 1 heterocycles. The Morgan fingerprint density at radius 2 is 2.00 bits per heavy atom. The number of para-hydroxylation sites is 1. The SMILES string of the molecule is CCNC(Cc1ccccc1OC)c1ccc(C)s1. The maximum Gasteiger partial charge on any atom is 0.122 e. The summed E-state index contributed by atoms with van der Waals surface area (Å²) in [5.74, 6) is 0.971. The molecule has 19 heavy (non-hydrogen) atoms. The third-order valence-corrected chi connectivity index (χ3v) is 4.29. The van der Waals surface area contributed by atoms with Gasteiger partial charge >= 0.3 is 0 Å². The molecule has 0 spiro atoms. The third-order valence-electron chi connectivity index (χ3n) is 3.17. The molecule has 0 amide bonds. The quantitative estimate of drug-likeness (QED) is 0.861. The van der Waals surface area contributed by atoms with Crippen LogP contribution >= 0.6 is 11.3 Å². The first-order valence-corrected chi connectivity index (χ1v) is 7.47. The molecule has 3 heteroatoms. The number of rotatable bonds is 6. The van der Waals surface area contributed by atoms with Crippen LogP contribution in [0.2, 0.25) is 0 Å². The smallest absolute Gasteiger partial charge is 0.122 e. The Morgan fingerprint density at radius 3 is 2.63 bits per heavy atom. The van der Waals surface area contributed by atoms with E-state index in [9.17, 15) is 0 Å². The van der Waals surface area contributed by atoms with Crippen molar-refractivity contribution in [2.24, 2.45) is 0 Å². The van der Waals surface area contributed by atoms with Gasteiger partial charge < -0.3 is 10.1 Å². The standard InChI is InChI=1S/C16H21NOS/c1-4-17-14(16-10-9-12(2)19-16)11-13-7-5-6-8-15(13)18-3/h5-10,14,17H,4,11H2,1-3H3. The van der Waals surface area contributed by atoms with E-state index in [1.807, 2.05) is 23.5 Å². The van der Waals surface area contributed by atoms with Crippen LogP contribution in [0.1, 0.15) is 28.3 Å². The van der Waals surface area contributed by atoms with E-state index in [0.29, 0.717) is 6.04 Å². The van der Waals surface area contributed by atoms with Crippen LogP contribution in [0.3, 0.4) is 0 Å². The van der Waals surface area contributed by atoms with Gasteiger partial charge in [0.25, 0.3) is 0 Å². The molecule has 2 nitrogen and oxygen atoms in total. The van der Waals surface area contributed by atoms with Crippen molar-refractivity contribution in [2.45, 2.75) is 26.3 Å². The van der Waals surface area contributed by atoms with E-state index in [-0.39, 0.29) is 0 Å². The summed E-state index contributed by atoms with van der Waals surface area (Å²) < 4.78 is 5.44. The molecule has 0 aliphatic carbocycles. The molecule has 0 aliphatic rings. The average molecular weight is 275 g/mol. The summed E-state index contributed by atoms with van der Waals surface area (Å²) in [5.41, 5.74) is 1.25. The van der Waals surface area contributed by atoms with E-state index >= 15 is 0 Å². The summed E-state index contributed by atoms with van der Waals surface area (Å²) in [6, 6.07) is 13.0. The number of hydrogen-bond acceptors (Lipinski definition) is 3. The van der Waals surface area contributed by atoms with Crippen molar-refractivity contribution in [2.75, 3.05) is 13.7 Å². The fourth-order valence-corrected chi connectivity index (χ4v) is 3.20. The number of methoxy groups -OCH3 is 1. The Labute approximate surface area is 119 Å². The third kappa shape index (κ3) is 3.58. The normalized spacial score (nSPS) is 12.4. The zero-order valence-electron chi connectivity index (χ0n) is 11.8. The molecule has 0 bridgehead atoms. The summed E-state index contributed by atoms with van der Waals surface area (Å²) in [5, 5.41) is 3.57. The summed E-state index contributed by atoms with van der Waals surface area (Å²) in [7, 11) is 1.73. The molecule has 0 aliphatic heterocycles. The molecular formula is C16H21NOS. The van der Waals surface area contributed by atoms with Crippen LogP contribution in [-0.4, -0.2) is 13.7 Å². The van der Waals surface area contributed by atoms with Gasteiger partial charge in [0.1, 0.15) is 5.75 Å². The Hall–Kier alpha value is -1.32. The van der Waals surface area contributed by atoms with Crippen molar-refractivity contribution in [3.05, 3.63) is 51.7 Å². The van der Waals surface area contributed by atoms with Crippen LogP contribution < -0.4 is 10.1 Å². The highest BCUT2D eigenvalue weighted by Gasteiger charge is 2.15. The molecule has 1 N–H and O–H groups in total. The van der Waals surface area contributed by atoms with E-state index in [4.69, 9.17) is 4.74 Å². The Bertz CT molecular complexity index is 521. The lowest BCUT2D eigenvalue weighted by Gasteiger charge is -2.18. The summed E-state index contributed by atoms with van der Waals surface area (Å²) in [6.45, 7) is 5.27. The largest absolute Gasteiger partial charge is 0.496 e. The predicted molar refractivity (Wildman–Crippen MR) is 82.2 cm³/mol. The first kappa shape index (κ1) is 14.1. The van der Waals surface area contributed by atoms with E-state index < -0.39 is 0 Å². The number of nitrogens with one attached hydrogen (secondary N) is 1. The van der Waals surface area contributed by atoms with Gasteiger partial charge in [-0.3, -0.25) is 0 Å². The maximum atomic E-state index is 5.44. The maximum absolute atomic E-state index is 5.44. The van der Waals surface area contributed by atoms with Gasteiger partial charge in [0.05, 0.1) is 7.11 Å². The summed E-state index contributed by atoms with van der Waals surface area (Å²) in [4.78, 5) is 2.75. The number of ether oxygens (including phenoxy) is 1. The lowest BCUT2D eigenvalue weighted by atomic mass is 10.0. The molecule has 1 unspecified atom stereocenters. The van der Waals surface area contributed by atoms with Crippen LogP contribution in [-0.2, 0) is 6.42 Å². The second kappa shape index (κ2) is 6.73. The highest BCUT2D eigenvalue weighted by atomic mass is 32.1. The molecular weight excluding hydrogens is 254 g/mol. The van der Waals surface area contributed by atoms with Crippen molar-refractivity contribution < 1.29 is 4.74 Å². The molecule has 1 atom stereocenters. The van der Waals surface area contributed by atoms with Crippen molar-refractivity contribution in [3.8, 4) is 5.75 Å². The fourth-order valence-electron chi connectivity index (χ4n) is 2.25. The topological polar surface area (TPSA) is 21.3 Å². The van der Waals surface area contributed by atoms with Gasteiger partial charge in [-0.05, 0) is 43.7 Å². The predicted octanol–water partition coefficient (Wildman–Crippen LogP) is 3.96. The molecule has 0 saturated heterocycles.